The number of hydrogen-bond acceptors (Lipinski definition) is 2. The smallest absolute Gasteiger partial charge is 0.0692 e. The summed E-state index contributed by atoms with van der Waals surface area (Å²) in [6.07, 6.45) is 3.83. The molecule has 0 heterocycles. The standard InChI is InChI=1S/C18H20N2/c1-15(19-13-17-9-5-3-6-10-17)16(2)20-14-18-11-7-4-8-12-18/h3-16H,1-2H3/t15-,16-/m0/s1. The molecule has 0 aliphatic rings. The third-order valence-corrected chi connectivity index (χ3v) is 3.21. The van der Waals surface area contributed by atoms with Crippen LogP contribution in [0.15, 0.2) is 70.6 Å². The minimum absolute atomic E-state index is 0.162. The van der Waals surface area contributed by atoms with Crippen LogP contribution in [-0.2, 0) is 0 Å². The van der Waals surface area contributed by atoms with E-state index in [0.29, 0.717) is 0 Å². The van der Waals surface area contributed by atoms with Crippen LogP contribution in [0.25, 0.3) is 0 Å². The fraction of sp³-hybridized carbons (Fsp3) is 0.222. The zero-order chi connectivity index (χ0) is 14.2. The molecule has 2 atom stereocenters. The van der Waals surface area contributed by atoms with E-state index in [1.807, 2.05) is 73.1 Å². The van der Waals surface area contributed by atoms with Gasteiger partial charge >= 0.3 is 0 Å². The van der Waals surface area contributed by atoms with Gasteiger partial charge in [0.1, 0.15) is 0 Å². The molecule has 0 N–H and O–H groups in total. The minimum atomic E-state index is 0.162. The van der Waals surface area contributed by atoms with Gasteiger partial charge in [0, 0.05) is 12.4 Å². The summed E-state index contributed by atoms with van der Waals surface area (Å²) < 4.78 is 0. The second-order valence-electron chi connectivity index (χ2n) is 4.86. The van der Waals surface area contributed by atoms with Crippen molar-refractivity contribution in [2.75, 3.05) is 0 Å². The van der Waals surface area contributed by atoms with E-state index in [2.05, 4.69) is 23.8 Å². The Morgan fingerprint density at radius 2 is 1.00 bits per heavy atom. The molecule has 0 saturated carbocycles. The largest absolute Gasteiger partial charge is 0.287 e. The lowest BCUT2D eigenvalue weighted by atomic mass is 10.2. The van der Waals surface area contributed by atoms with Crippen molar-refractivity contribution in [3.8, 4) is 0 Å². The summed E-state index contributed by atoms with van der Waals surface area (Å²) in [7, 11) is 0. The molecule has 0 amide bonds. The summed E-state index contributed by atoms with van der Waals surface area (Å²) in [5.41, 5.74) is 2.25. The van der Waals surface area contributed by atoms with Gasteiger partial charge < -0.3 is 0 Å². The quantitative estimate of drug-likeness (QED) is 0.729. The maximum Gasteiger partial charge on any atom is 0.0692 e. The Morgan fingerprint density at radius 3 is 1.35 bits per heavy atom. The van der Waals surface area contributed by atoms with E-state index in [4.69, 9.17) is 0 Å². The Hall–Kier alpha value is -2.22. The van der Waals surface area contributed by atoms with E-state index in [-0.39, 0.29) is 12.1 Å². The van der Waals surface area contributed by atoms with Gasteiger partial charge in [-0.05, 0) is 25.0 Å². The molecule has 0 aromatic heterocycles. The zero-order valence-electron chi connectivity index (χ0n) is 12.0. The number of benzene rings is 2. The highest BCUT2D eigenvalue weighted by Crippen LogP contribution is 2.04. The predicted molar refractivity (Wildman–Crippen MR) is 87.0 cm³/mol. The van der Waals surface area contributed by atoms with E-state index < -0.39 is 0 Å². The molecule has 0 fully saturated rings. The number of nitrogens with zero attached hydrogens (tertiary/aromatic N) is 2. The average Bonchev–Trinajstić information content (AvgIpc) is 2.52. The molecule has 2 rings (SSSR count). The minimum Gasteiger partial charge on any atom is -0.287 e. The number of hydrogen-bond donors (Lipinski definition) is 0. The van der Waals surface area contributed by atoms with Gasteiger partial charge in [-0.1, -0.05) is 60.7 Å². The van der Waals surface area contributed by atoms with Crippen molar-refractivity contribution < 1.29 is 0 Å². The first-order valence-corrected chi connectivity index (χ1v) is 6.92. The van der Waals surface area contributed by atoms with E-state index in [1.165, 1.54) is 0 Å². The Labute approximate surface area is 120 Å². The fourth-order valence-electron chi connectivity index (χ4n) is 1.73. The zero-order valence-corrected chi connectivity index (χ0v) is 12.0. The van der Waals surface area contributed by atoms with Crippen molar-refractivity contribution in [3.63, 3.8) is 0 Å². The fourth-order valence-corrected chi connectivity index (χ4v) is 1.73. The first kappa shape index (κ1) is 14.2. The molecule has 20 heavy (non-hydrogen) atoms. The van der Waals surface area contributed by atoms with Gasteiger partial charge in [-0.15, -0.1) is 0 Å². The van der Waals surface area contributed by atoms with Crippen molar-refractivity contribution in [1.82, 2.24) is 0 Å². The molecule has 0 saturated heterocycles. The summed E-state index contributed by atoms with van der Waals surface area (Å²) in [6, 6.07) is 20.6. The Kier molecular flexibility index (Phi) is 5.24. The monoisotopic (exact) mass is 264 g/mol. The maximum absolute atomic E-state index is 4.57. The van der Waals surface area contributed by atoms with Crippen LogP contribution in [0, 0.1) is 0 Å². The normalized spacial score (nSPS) is 14.7. The topological polar surface area (TPSA) is 24.7 Å². The molecule has 0 radical (unpaired) electrons. The highest BCUT2D eigenvalue weighted by Gasteiger charge is 2.07. The van der Waals surface area contributed by atoms with Gasteiger partial charge in [0.15, 0.2) is 0 Å². The molecule has 0 unspecified atom stereocenters. The highest BCUT2D eigenvalue weighted by atomic mass is 14.9. The predicted octanol–water partition coefficient (Wildman–Crippen LogP) is 4.00. The van der Waals surface area contributed by atoms with Gasteiger partial charge in [-0.25, -0.2) is 0 Å². The van der Waals surface area contributed by atoms with Crippen molar-refractivity contribution in [2.45, 2.75) is 25.9 Å². The summed E-state index contributed by atoms with van der Waals surface area (Å²) in [4.78, 5) is 9.14. The first-order chi connectivity index (χ1) is 9.75. The maximum atomic E-state index is 4.57. The molecule has 0 spiro atoms. The molecule has 0 bridgehead atoms. The van der Waals surface area contributed by atoms with E-state index in [1.54, 1.807) is 0 Å². The lowest BCUT2D eigenvalue weighted by Gasteiger charge is -2.11. The van der Waals surface area contributed by atoms with Crippen molar-refractivity contribution in [1.29, 1.82) is 0 Å². The van der Waals surface area contributed by atoms with Gasteiger partial charge in [-0.3, -0.25) is 9.98 Å². The third kappa shape index (κ3) is 4.47. The Balaban J connectivity index is 1.94. The van der Waals surface area contributed by atoms with Crippen molar-refractivity contribution >= 4 is 12.4 Å². The second kappa shape index (κ2) is 7.39. The Bertz CT molecular complexity index is 505. The van der Waals surface area contributed by atoms with Gasteiger partial charge in [0.05, 0.1) is 12.1 Å². The van der Waals surface area contributed by atoms with Gasteiger partial charge in [-0.2, -0.15) is 0 Å². The van der Waals surface area contributed by atoms with Crippen molar-refractivity contribution in [2.24, 2.45) is 9.98 Å². The van der Waals surface area contributed by atoms with Crippen LogP contribution < -0.4 is 0 Å². The number of rotatable bonds is 5. The Morgan fingerprint density at radius 1 is 0.650 bits per heavy atom. The molecular formula is C18H20N2. The van der Waals surface area contributed by atoms with Crippen LogP contribution in [0.2, 0.25) is 0 Å². The molecule has 102 valence electrons. The molecule has 2 aromatic carbocycles. The summed E-state index contributed by atoms with van der Waals surface area (Å²) >= 11 is 0. The highest BCUT2D eigenvalue weighted by molar-refractivity contribution is 5.80. The van der Waals surface area contributed by atoms with E-state index >= 15 is 0 Å². The first-order valence-electron chi connectivity index (χ1n) is 6.92. The summed E-state index contributed by atoms with van der Waals surface area (Å²) in [6.45, 7) is 4.18. The van der Waals surface area contributed by atoms with Gasteiger partial charge in [0.2, 0.25) is 0 Å². The summed E-state index contributed by atoms with van der Waals surface area (Å²) in [5, 5.41) is 0. The van der Waals surface area contributed by atoms with Crippen LogP contribution >= 0.6 is 0 Å². The lowest BCUT2D eigenvalue weighted by Crippen LogP contribution is -2.15. The van der Waals surface area contributed by atoms with Crippen LogP contribution in [0.5, 0.6) is 0 Å². The van der Waals surface area contributed by atoms with E-state index in [9.17, 15) is 0 Å². The molecule has 0 aliphatic carbocycles. The number of aliphatic imine (C=N–C) groups is 2. The molecule has 2 heteroatoms. The van der Waals surface area contributed by atoms with Crippen molar-refractivity contribution in [3.05, 3.63) is 71.8 Å². The third-order valence-electron chi connectivity index (χ3n) is 3.21. The van der Waals surface area contributed by atoms with Gasteiger partial charge in [0.25, 0.3) is 0 Å². The van der Waals surface area contributed by atoms with E-state index in [0.717, 1.165) is 11.1 Å². The van der Waals surface area contributed by atoms with Crippen LogP contribution in [0.4, 0.5) is 0 Å². The molecule has 2 nitrogen and oxygen atoms in total. The van der Waals surface area contributed by atoms with Crippen LogP contribution in [0.3, 0.4) is 0 Å². The average molecular weight is 264 g/mol. The molecular weight excluding hydrogens is 244 g/mol. The lowest BCUT2D eigenvalue weighted by molar-refractivity contribution is 0.612. The molecule has 2 aromatic rings. The van der Waals surface area contributed by atoms with Crippen LogP contribution in [-0.4, -0.2) is 24.5 Å². The SMILES string of the molecule is C[C@H](N=Cc1ccccc1)[C@H](C)N=Cc1ccccc1. The summed E-state index contributed by atoms with van der Waals surface area (Å²) in [5.74, 6) is 0. The molecule has 0 aliphatic heterocycles. The second-order valence-corrected chi connectivity index (χ2v) is 4.86. The van der Waals surface area contributed by atoms with Crippen LogP contribution in [0.1, 0.15) is 25.0 Å².